The number of imidazole rings is 1. The second-order valence-electron chi connectivity index (χ2n) is 9.92. The van der Waals surface area contributed by atoms with Crippen LogP contribution in [0.2, 0.25) is 0 Å². The third kappa shape index (κ3) is 7.76. The molecule has 0 radical (unpaired) electrons. The number of anilines is 1. The molecule has 14 nitrogen and oxygen atoms in total. The number of carbonyl (C=O) groups is 4. The molecule has 2 heterocycles. The second-order valence-corrected chi connectivity index (χ2v) is 9.92. The number of pyridine rings is 1. The van der Waals surface area contributed by atoms with Crippen LogP contribution in [0.15, 0.2) is 41.3 Å². The maximum atomic E-state index is 14.8. The Morgan fingerprint density at radius 3 is 2.50 bits per heavy atom. The number of rotatable bonds is 11. The van der Waals surface area contributed by atoms with E-state index in [4.69, 9.17) is 4.74 Å². The molecule has 16 heteroatoms. The molecule has 0 saturated heterocycles. The lowest BCUT2D eigenvalue weighted by Gasteiger charge is -2.17. The number of allylic oxidation sites excluding steroid dienone is 1. The van der Waals surface area contributed by atoms with Gasteiger partial charge in [-0.05, 0) is 44.9 Å². The van der Waals surface area contributed by atoms with Crippen LogP contribution in [0.5, 0.6) is 5.75 Å². The minimum Gasteiger partial charge on any atom is -0.486 e. The van der Waals surface area contributed by atoms with Crippen LogP contribution >= 0.6 is 0 Å². The van der Waals surface area contributed by atoms with E-state index in [1.165, 1.54) is 35.4 Å². The first kappa shape index (κ1) is 33.2. The SMILES string of the molecule is COC(=O)NC(CCC=CC(=O)N(C)C)C(=O)Nc1cccn(Cc2nc3c(OC(C)C)c(F)cc(F)c3n2C(=O)O)c1=O. The summed E-state index contributed by atoms with van der Waals surface area (Å²) in [5, 5.41) is 14.6. The van der Waals surface area contributed by atoms with Crippen molar-refractivity contribution in [1.29, 1.82) is 0 Å². The number of carboxylic acid groups (broad SMARTS) is 1. The summed E-state index contributed by atoms with van der Waals surface area (Å²) in [4.78, 5) is 67.5. The summed E-state index contributed by atoms with van der Waals surface area (Å²) < 4.78 is 40.9. The normalized spacial score (nSPS) is 11.9. The van der Waals surface area contributed by atoms with Gasteiger partial charge in [-0.25, -0.2) is 27.9 Å². The van der Waals surface area contributed by atoms with Crippen LogP contribution in [0.1, 0.15) is 32.5 Å². The lowest BCUT2D eigenvalue weighted by atomic mass is 10.1. The van der Waals surface area contributed by atoms with E-state index < -0.39 is 65.2 Å². The Kier molecular flexibility index (Phi) is 10.8. The maximum Gasteiger partial charge on any atom is 0.417 e. The molecule has 236 valence electrons. The number of methoxy groups -OCH3 is 1. The van der Waals surface area contributed by atoms with Gasteiger partial charge in [0.05, 0.1) is 19.8 Å². The topological polar surface area (TPSA) is 174 Å². The van der Waals surface area contributed by atoms with Crippen LogP contribution in [0.3, 0.4) is 0 Å². The third-order valence-electron chi connectivity index (χ3n) is 6.11. The molecule has 0 spiro atoms. The number of halogens is 2. The van der Waals surface area contributed by atoms with Gasteiger partial charge >= 0.3 is 12.2 Å². The molecule has 0 aliphatic carbocycles. The maximum absolute atomic E-state index is 14.8. The average Bonchev–Trinajstić information content (AvgIpc) is 3.34. The Morgan fingerprint density at radius 2 is 1.89 bits per heavy atom. The van der Waals surface area contributed by atoms with E-state index in [-0.39, 0.29) is 35.8 Å². The number of hydrogen-bond acceptors (Lipinski definition) is 8. The molecule has 44 heavy (non-hydrogen) atoms. The average molecular weight is 619 g/mol. The van der Waals surface area contributed by atoms with Crippen LogP contribution in [-0.2, 0) is 20.9 Å². The highest BCUT2D eigenvalue weighted by Gasteiger charge is 2.27. The van der Waals surface area contributed by atoms with E-state index in [0.717, 1.165) is 11.7 Å². The molecule has 0 fully saturated rings. The molecule has 0 bridgehead atoms. The number of alkyl carbamates (subject to hydrolysis) is 1. The number of nitrogens with zero attached hydrogens (tertiary/aromatic N) is 4. The molecule has 3 N–H and O–H groups in total. The molecule has 3 amide bonds. The van der Waals surface area contributed by atoms with Crippen molar-refractivity contribution in [3.05, 3.63) is 64.4 Å². The lowest BCUT2D eigenvalue weighted by molar-refractivity contribution is -0.123. The standard InChI is InChI=1S/C28H32F2N6O8/c1-15(2)44-24-17(30)13-16(29)23-22(24)33-20(36(23)28(41)42)14-35-12-8-10-19(26(35)39)31-25(38)18(32-27(40)43-5)9-6-7-11-21(37)34(3)4/h7-8,10-13,15,18H,6,9,14H2,1-5H3,(H,31,38)(H,32,40)(H,41,42). The highest BCUT2D eigenvalue weighted by Crippen LogP contribution is 2.32. The van der Waals surface area contributed by atoms with Crippen LogP contribution in [-0.4, -0.2) is 81.5 Å². The Balaban J connectivity index is 1.93. The predicted octanol–water partition coefficient (Wildman–Crippen LogP) is 2.93. The number of carbonyl (C=O) groups excluding carboxylic acids is 3. The third-order valence-corrected chi connectivity index (χ3v) is 6.11. The summed E-state index contributed by atoms with van der Waals surface area (Å²) in [7, 11) is 4.25. The molecule has 0 aliphatic rings. The van der Waals surface area contributed by atoms with Crippen LogP contribution < -0.4 is 20.9 Å². The Morgan fingerprint density at radius 1 is 1.18 bits per heavy atom. The van der Waals surface area contributed by atoms with Crippen molar-refractivity contribution in [2.75, 3.05) is 26.5 Å². The first-order valence-corrected chi connectivity index (χ1v) is 13.3. The van der Waals surface area contributed by atoms with E-state index in [0.29, 0.717) is 10.6 Å². The van der Waals surface area contributed by atoms with Gasteiger partial charge in [0.15, 0.2) is 17.4 Å². The van der Waals surface area contributed by atoms with Crippen LogP contribution in [0.25, 0.3) is 11.0 Å². The molecule has 3 aromatic rings. The monoisotopic (exact) mass is 618 g/mol. The number of fused-ring (bicyclic) bond motifs is 1. The zero-order valence-corrected chi connectivity index (χ0v) is 24.6. The summed E-state index contributed by atoms with van der Waals surface area (Å²) in [5.74, 6) is -4.11. The van der Waals surface area contributed by atoms with Gasteiger partial charge in [-0.15, -0.1) is 0 Å². The molecule has 1 aromatic carbocycles. The Bertz CT molecular complexity index is 1660. The van der Waals surface area contributed by atoms with Gasteiger partial charge < -0.3 is 34.7 Å². The molecule has 1 atom stereocenters. The van der Waals surface area contributed by atoms with Crippen LogP contribution in [0.4, 0.5) is 24.1 Å². The molecule has 3 rings (SSSR count). The van der Waals surface area contributed by atoms with E-state index in [1.54, 1.807) is 27.9 Å². The largest absolute Gasteiger partial charge is 0.486 e. The zero-order valence-electron chi connectivity index (χ0n) is 24.6. The fraction of sp³-hybridized carbons (Fsp3) is 0.357. The number of hydrogen-bond donors (Lipinski definition) is 3. The second kappa shape index (κ2) is 14.3. The molecule has 0 aliphatic heterocycles. The minimum atomic E-state index is -1.64. The predicted molar refractivity (Wildman–Crippen MR) is 154 cm³/mol. The van der Waals surface area contributed by atoms with E-state index in [9.17, 15) is 37.9 Å². The van der Waals surface area contributed by atoms with Gasteiger partial charge in [0.2, 0.25) is 11.8 Å². The van der Waals surface area contributed by atoms with Crippen molar-refractivity contribution in [3.8, 4) is 5.75 Å². The van der Waals surface area contributed by atoms with Gasteiger partial charge in [-0.2, -0.15) is 0 Å². The minimum absolute atomic E-state index is 0.0463. The van der Waals surface area contributed by atoms with Crippen molar-refractivity contribution in [2.45, 2.75) is 45.4 Å². The van der Waals surface area contributed by atoms with Crippen molar-refractivity contribution in [3.63, 3.8) is 0 Å². The number of likely N-dealkylation sites (N-methyl/N-ethyl adjacent to an activating group) is 1. The van der Waals surface area contributed by atoms with Gasteiger partial charge in [0.1, 0.15) is 28.6 Å². The lowest BCUT2D eigenvalue weighted by Crippen LogP contribution is -2.44. The summed E-state index contributed by atoms with van der Waals surface area (Å²) >= 11 is 0. The summed E-state index contributed by atoms with van der Waals surface area (Å²) in [5.41, 5.74) is -1.96. The van der Waals surface area contributed by atoms with Crippen LogP contribution in [0, 0.1) is 11.6 Å². The molecule has 0 saturated carbocycles. The fourth-order valence-electron chi connectivity index (χ4n) is 4.06. The number of aromatic nitrogens is 3. The van der Waals surface area contributed by atoms with Crippen molar-refractivity contribution < 1.29 is 42.5 Å². The van der Waals surface area contributed by atoms with E-state index >= 15 is 0 Å². The zero-order chi connectivity index (χ0) is 32.7. The van der Waals surface area contributed by atoms with Crippen molar-refractivity contribution >= 4 is 40.7 Å². The van der Waals surface area contributed by atoms with Crippen molar-refractivity contribution in [2.24, 2.45) is 0 Å². The number of ether oxygens (including phenoxy) is 2. The van der Waals surface area contributed by atoms with Gasteiger partial charge in [-0.3, -0.25) is 14.4 Å². The summed E-state index contributed by atoms with van der Waals surface area (Å²) in [6, 6.07) is 1.99. The Labute approximate surface area is 249 Å². The smallest absolute Gasteiger partial charge is 0.417 e. The molecule has 1 unspecified atom stereocenters. The fourth-order valence-corrected chi connectivity index (χ4v) is 4.06. The van der Waals surface area contributed by atoms with E-state index in [2.05, 4.69) is 20.4 Å². The van der Waals surface area contributed by atoms with Gasteiger partial charge in [-0.1, -0.05) is 6.08 Å². The van der Waals surface area contributed by atoms with Gasteiger partial charge in [0, 0.05) is 26.4 Å². The molecular weight excluding hydrogens is 586 g/mol. The van der Waals surface area contributed by atoms with Gasteiger partial charge in [0.25, 0.3) is 5.56 Å². The molecule has 2 aromatic heterocycles. The number of nitrogens with one attached hydrogen (secondary N) is 2. The van der Waals surface area contributed by atoms with E-state index in [1.807, 2.05) is 0 Å². The quantitative estimate of drug-likeness (QED) is 0.273. The Hall–Kier alpha value is -5.28. The first-order valence-electron chi connectivity index (χ1n) is 13.3. The highest BCUT2D eigenvalue weighted by molar-refractivity contribution is 5.96. The summed E-state index contributed by atoms with van der Waals surface area (Å²) in [6.45, 7) is 2.68. The molecular formula is C28H32F2N6O8. The summed E-state index contributed by atoms with van der Waals surface area (Å²) in [6.07, 6.45) is 1.29. The highest BCUT2D eigenvalue weighted by atomic mass is 19.1. The first-order chi connectivity index (χ1) is 20.7. The number of benzene rings is 1. The van der Waals surface area contributed by atoms with Crippen molar-refractivity contribution in [1.82, 2.24) is 24.3 Å². The number of amides is 3.